The number of rotatable bonds is 15. The van der Waals surface area contributed by atoms with Crippen molar-refractivity contribution in [2.24, 2.45) is 0 Å². The van der Waals surface area contributed by atoms with E-state index in [9.17, 15) is 19.2 Å². The van der Waals surface area contributed by atoms with Crippen molar-refractivity contribution in [2.45, 2.75) is 52.7 Å². The highest BCUT2D eigenvalue weighted by molar-refractivity contribution is 6.05. The lowest BCUT2D eigenvalue weighted by molar-refractivity contribution is -0.134. The predicted molar refractivity (Wildman–Crippen MR) is 226 cm³/mol. The Morgan fingerprint density at radius 2 is 1.54 bits per heavy atom. The zero-order chi connectivity index (χ0) is 41.9. The molecule has 1 atom stereocenters. The van der Waals surface area contributed by atoms with Crippen LogP contribution in [0.2, 0.25) is 0 Å². The van der Waals surface area contributed by atoms with E-state index in [-0.39, 0.29) is 31.4 Å². The normalized spacial score (nSPS) is 11.3. The third kappa shape index (κ3) is 9.88. The van der Waals surface area contributed by atoms with Gasteiger partial charge in [0, 0.05) is 29.6 Å². The molecule has 4 aromatic carbocycles. The van der Waals surface area contributed by atoms with E-state index >= 15 is 0 Å². The first-order valence-electron chi connectivity index (χ1n) is 19.5. The maximum absolute atomic E-state index is 14.0. The van der Waals surface area contributed by atoms with Crippen molar-refractivity contribution >= 4 is 45.8 Å². The molecule has 0 unspecified atom stereocenters. The second-order valence-corrected chi connectivity index (χ2v) is 13.9. The number of H-pyrrole nitrogens is 2. The lowest BCUT2D eigenvalue weighted by Crippen LogP contribution is -2.43. The molecule has 0 bridgehead atoms. The van der Waals surface area contributed by atoms with Gasteiger partial charge in [0.15, 0.2) is 0 Å². The van der Waals surface area contributed by atoms with Crippen LogP contribution in [0.25, 0.3) is 44.2 Å². The first kappa shape index (κ1) is 41.5. The minimum atomic E-state index is -0.921. The highest BCUT2D eigenvalue weighted by atomic mass is 16.5. The smallest absolute Gasteiger partial charge is 0.407 e. The number of fused-ring (bicyclic) bond motifs is 3. The third-order valence-electron chi connectivity index (χ3n) is 9.78. The number of methoxy groups -OCH3 is 2. The number of amides is 4. The van der Waals surface area contributed by atoms with Crippen LogP contribution in [0, 0.1) is 11.8 Å². The number of aromatic amines is 2. The van der Waals surface area contributed by atoms with E-state index in [4.69, 9.17) is 9.72 Å². The maximum Gasteiger partial charge on any atom is 0.407 e. The fraction of sp³-hybridized carbons (Fsp3) is 0.289. The topological polar surface area (TPSA) is 175 Å². The van der Waals surface area contributed by atoms with Crippen molar-refractivity contribution in [2.75, 3.05) is 33.9 Å². The molecule has 2 heterocycles. The number of carbonyl (C=O) groups is 4. The summed E-state index contributed by atoms with van der Waals surface area (Å²) in [5.74, 6) is 7.07. The molecule has 0 fully saturated rings. The predicted octanol–water partition coefficient (Wildman–Crippen LogP) is 7.08. The first-order chi connectivity index (χ1) is 28.7. The number of hydrogen-bond acceptors (Lipinski definition) is 8. The second kappa shape index (κ2) is 19.3. The van der Waals surface area contributed by atoms with E-state index in [1.54, 1.807) is 35.1 Å². The van der Waals surface area contributed by atoms with Crippen molar-refractivity contribution in [3.05, 3.63) is 108 Å². The number of aromatic nitrogens is 4. The van der Waals surface area contributed by atoms with Gasteiger partial charge in [-0.15, -0.1) is 5.92 Å². The third-order valence-corrected chi connectivity index (χ3v) is 9.78. The lowest BCUT2D eigenvalue weighted by Gasteiger charge is -2.27. The highest BCUT2D eigenvalue weighted by Crippen LogP contribution is 2.33. The summed E-state index contributed by atoms with van der Waals surface area (Å²) in [5, 5.41) is 7.13. The maximum atomic E-state index is 14.0. The van der Waals surface area contributed by atoms with Crippen LogP contribution in [0.1, 0.15) is 62.4 Å². The monoisotopic (exact) mass is 796 g/mol. The zero-order valence-corrected chi connectivity index (χ0v) is 33.8. The molecule has 0 spiro atoms. The Morgan fingerprint density at radius 1 is 0.814 bits per heavy atom. The van der Waals surface area contributed by atoms with Crippen molar-refractivity contribution in [1.82, 2.24) is 40.4 Å². The van der Waals surface area contributed by atoms with Crippen molar-refractivity contribution < 1.29 is 28.7 Å². The van der Waals surface area contributed by atoms with Crippen LogP contribution < -0.4 is 10.6 Å². The van der Waals surface area contributed by atoms with Crippen LogP contribution in [0.3, 0.4) is 0 Å². The molecule has 304 valence electrons. The summed E-state index contributed by atoms with van der Waals surface area (Å²) in [6.07, 6.45) is 1.85. The fourth-order valence-electron chi connectivity index (χ4n) is 6.98. The molecule has 0 radical (unpaired) electrons. The Hall–Kier alpha value is -7.14. The van der Waals surface area contributed by atoms with Crippen molar-refractivity contribution in [1.29, 1.82) is 0 Å². The largest absolute Gasteiger partial charge is 0.453 e. The molecule has 14 nitrogen and oxygen atoms in total. The molecular formula is C45H48N8O6. The summed E-state index contributed by atoms with van der Waals surface area (Å²) in [7, 11) is 2.52. The number of alkyl carbamates (subject to hydrolysis) is 2. The van der Waals surface area contributed by atoms with Crippen LogP contribution in [0.4, 0.5) is 9.59 Å². The molecular weight excluding hydrogens is 749 g/mol. The molecule has 0 aliphatic heterocycles. The lowest BCUT2D eigenvalue weighted by atomic mass is 9.95. The van der Waals surface area contributed by atoms with Gasteiger partial charge in [0.05, 0.1) is 50.2 Å². The zero-order valence-electron chi connectivity index (χ0n) is 33.8. The molecule has 6 rings (SSSR count). The van der Waals surface area contributed by atoms with Crippen LogP contribution in [0.5, 0.6) is 0 Å². The van der Waals surface area contributed by atoms with Crippen molar-refractivity contribution in [3.8, 4) is 34.2 Å². The first-order valence-corrected chi connectivity index (χ1v) is 19.5. The van der Waals surface area contributed by atoms with Crippen LogP contribution >= 0.6 is 0 Å². The summed E-state index contributed by atoms with van der Waals surface area (Å²) in [6, 6.07) is 24.5. The summed E-state index contributed by atoms with van der Waals surface area (Å²) in [5.41, 5.74) is 6.77. The van der Waals surface area contributed by atoms with Gasteiger partial charge in [0.1, 0.15) is 24.2 Å². The molecule has 14 heteroatoms. The number of nitrogens with one attached hydrogen (secondary N) is 4. The molecule has 59 heavy (non-hydrogen) atoms. The number of benzene rings is 4. The number of nitrogens with zero attached hydrogens (tertiary/aromatic N) is 4. The second-order valence-electron chi connectivity index (χ2n) is 13.9. The van der Waals surface area contributed by atoms with Crippen LogP contribution in [0.15, 0.2) is 85.1 Å². The molecule has 0 saturated heterocycles. The average Bonchev–Trinajstić information content (AvgIpc) is 3.91. The Kier molecular flexibility index (Phi) is 13.6. The van der Waals surface area contributed by atoms with Crippen molar-refractivity contribution in [3.63, 3.8) is 0 Å². The van der Waals surface area contributed by atoms with E-state index in [2.05, 4.69) is 60.4 Å². The molecule has 0 aliphatic carbocycles. The average molecular weight is 797 g/mol. The van der Waals surface area contributed by atoms with E-state index in [1.165, 1.54) is 14.2 Å². The Labute approximate surface area is 342 Å². The molecule has 2 aromatic heterocycles. The summed E-state index contributed by atoms with van der Waals surface area (Å²) < 4.78 is 9.42. The molecule has 4 amide bonds. The molecule has 0 saturated carbocycles. The number of carbonyl (C=O) groups excluding carboxylic acids is 4. The number of hydrogen-bond donors (Lipinski definition) is 4. The van der Waals surface area contributed by atoms with Gasteiger partial charge < -0.3 is 39.9 Å². The standard InChI is InChI=1S/C45H48N8O6/c1-6-12-30-24-33(37-25-46-38(49-37)27-52(21-7-2)40(54)26-47-44(56)58-4)16-18-34(30)31-15-19-35-32(23-31)17-20-36-42(35)50-39(48-36)28-53(22-8-3)43(55)41(51-45(57)59-5)29-13-10-9-11-14-29/h9-11,13-20,23-25,41H,7-8,21-22,26-28H2,1-5H3,(H,46,49)(H,47,56)(H,48,50)(H,51,57)/t41-/m1/s1. The quantitative estimate of drug-likeness (QED) is 0.0798. The van der Waals surface area contributed by atoms with E-state index in [1.807, 2.05) is 62.4 Å². The highest BCUT2D eigenvalue weighted by Gasteiger charge is 2.28. The number of ether oxygens (including phenoxy) is 2. The summed E-state index contributed by atoms with van der Waals surface area (Å²) in [4.78, 5) is 70.1. The van der Waals surface area contributed by atoms with Gasteiger partial charge in [-0.2, -0.15) is 0 Å². The molecule has 0 aliphatic rings. The Bertz CT molecular complexity index is 2520. The van der Waals surface area contributed by atoms with Gasteiger partial charge in [0.2, 0.25) is 11.8 Å². The van der Waals surface area contributed by atoms with Gasteiger partial charge in [0.25, 0.3) is 0 Å². The van der Waals surface area contributed by atoms with Crippen LogP contribution in [-0.4, -0.2) is 87.6 Å². The summed E-state index contributed by atoms with van der Waals surface area (Å²) in [6.45, 7) is 7.07. The van der Waals surface area contributed by atoms with Gasteiger partial charge in [-0.1, -0.05) is 80.4 Å². The number of imidazole rings is 2. The Morgan fingerprint density at radius 3 is 2.27 bits per heavy atom. The summed E-state index contributed by atoms with van der Waals surface area (Å²) >= 11 is 0. The van der Waals surface area contributed by atoms with Gasteiger partial charge >= 0.3 is 12.2 Å². The van der Waals surface area contributed by atoms with E-state index in [0.29, 0.717) is 36.7 Å². The van der Waals surface area contributed by atoms with E-state index < -0.39 is 18.2 Å². The van der Waals surface area contributed by atoms with Gasteiger partial charge in [-0.05, 0) is 60.0 Å². The minimum Gasteiger partial charge on any atom is -0.453 e. The molecule has 6 aromatic rings. The van der Waals surface area contributed by atoms with Gasteiger partial charge in [-0.3, -0.25) is 9.59 Å². The van der Waals surface area contributed by atoms with E-state index in [0.717, 1.165) is 56.2 Å². The SMILES string of the molecule is CC#Cc1cc(-c2cnc(CN(CCC)C(=O)CNC(=O)OC)[nH]2)ccc1-c1ccc2c(ccc3nc(CN(CCC)C(=O)[C@H](NC(=O)OC)c4ccccc4)[nH]c32)c1. The fourth-order valence-corrected chi connectivity index (χ4v) is 6.98. The minimum absolute atomic E-state index is 0.168. The Balaban J connectivity index is 1.23. The molecule has 4 N–H and O–H groups in total. The van der Waals surface area contributed by atoms with Gasteiger partial charge in [-0.25, -0.2) is 19.6 Å². The van der Waals surface area contributed by atoms with Crippen LogP contribution in [-0.2, 0) is 32.2 Å².